The van der Waals surface area contributed by atoms with Crippen molar-refractivity contribution in [3.63, 3.8) is 0 Å². The highest BCUT2D eigenvalue weighted by Gasteiger charge is 2.28. The first-order valence-electron chi connectivity index (χ1n) is 9.57. The molecule has 0 aromatic heterocycles. The van der Waals surface area contributed by atoms with Gasteiger partial charge in [0.25, 0.3) is 20.2 Å². The molecule has 10 nitrogen and oxygen atoms in total. The van der Waals surface area contributed by atoms with Crippen molar-refractivity contribution >= 4 is 32.1 Å². The van der Waals surface area contributed by atoms with E-state index >= 15 is 0 Å². The number of amides is 2. The fraction of sp³-hybridized carbons (Fsp3) is 0.667. The van der Waals surface area contributed by atoms with E-state index in [-0.39, 0.29) is 38.0 Å². The average molecular weight is 467 g/mol. The van der Waals surface area contributed by atoms with E-state index in [1.54, 1.807) is 0 Å². The molecule has 2 atom stereocenters. The Bertz CT molecular complexity index is 770. The third-order valence-corrected chi connectivity index (χ3v) is 6.46. The van der Waals surface area contributed by atoms with E-state index in [4.69, 9.17) is 9.11 Å². The Morgan fingerprint density at radius 3 is 1.50 bits per heavy atom. The number of hydrogen-bond donors (Lipinski definition) is 2. The second-order valence-corrected chi connectivity index (χ2v) is 10.6. The van der Waals surface area contributed by atoms with Crippen LogP contribution < -0.4 is 0 Å². The summed E-state index contributed by atoms with van der Waals surface area (Å²) in [7, 11) is -8.42. The highest BCUT2D eigenvalue weighted by molar-refractivity contribution is 7.86. The smallest absolute Gasteiger partial charge is 0.266 e. The Morgan fingerprint density at radius 2 is 1.20 bits per heavy atom. The Kier molecular flexibility index (Phi) is 10.1. The molecule has 0 heterocycles. The zero-order valence-corrected chi connectivity index (χ0v) is 18.5. The molecule has 172 valence electrons. The minimum absolute atomic E-state index is 0.0521. The van der Waals surface area contributed by atoms with Crippen LogP contribution in [-0.2, 0) is 29.8 Å². The van der Waals surface area contributed by atoms with Gasteiger partial charge in [0, 0.05) is 26.2 Å². The van der Waals surface area contributed by atoms with Gasteiger partial charge in [0.15, 0.2) is 0 Å². The van der Waals surface area contributed by atoms with Gasteiger partial charge in [-0.05, 0) is 43.3 Å². The first kappa shape index (κ1) is 26.3. The molecule has 0 bridgehead atoms. The Morgan fingerprint density at radius 1 is 0.833 bits per heavy atom. The van der Waals surface area contributed by atoms with Gasteiger partial charge in [-0.15, -0.1) is 0 Å². The monoisotopic (exact) mass is 466 g/mol. The summed E-state index contributed by atoms with van der Waals surface area (Å²) in [5.41, 5.74) is 0. The van der Waals surface area contributed by atoms with Crippen molar-refractivity contribution in [2.45, 2.75) is 25.7 Å². The quantitative estimate of drug-likeness (QED) is 0.314. The van der Waals surface area contributed by atoms with Gasteiger partial charge in [-0.2, -0.15) is 16.8 Å². The van der Waals surface area contributed by atoms with Gasteiger partial charge >= 0.3 is 0 Å². The minimum Gasteiger partial charge on any atom is -0.338 e. The molecule has 0 saturated heterocycles. The van der Waals surface area contributed by atoms with Crippen LogP contribution in [0.15, 0.2) is 25.3 Å². The fourth-order valence-corrected chi connectivity index (χ4v) is 4.55. The number of carbonyl (C=O) groups is 2. The molecule has 1 aliphatic carbocycles. The summed E-state index contributed by atoms with van der Waals surface area (Å²) in [6.07, 6.45) is 5.28. The van der Waals surface area contributed by atoms with Crippen molar-refractivity contribution < 1.29 is 35.5 Å². The molecule has 0 aromatic rings. The zero-order valence-electron chi connectivity index (χ0n) is 16.8. The predicted octanol–water partition coefficient (Wildman–Crippen LogP) is 0.598. The van der Waals surface area contributed by atoms with E-state index in [0.717, 1.165) is 31.4 Å². The summed E-state index contributed by atoms with van der Waals surface area (Å²) in [4.78, 5) is 26.8. The SMILES string of the molecule is C=CC(=O)N(CCS(=O)(=O)O)CC1CCCC(CN(CCS(=O)(=O)O)C(=O)C=C)C1. The molecule has 0 aliphatic heterocycles. The van der Waals surface area contributed by atoms with E-state index in [1.807, 2.05) is 0 Å². The lowest BCUT2D eigenvalue weighted by atomic mass is 9.80. The molecule has 1 aliphatic rings. The van der Waals surface area contributed by atoms with Crippen LogP contribution >= 0.6 is 0 Å². The van der Waals surface area contributed by atoms with E-state index < -0.39 is 43.6 Å². The third kappa shape index (κ3) is 10.3. The maximum absolute atomic E-state index is 12.1. The van der Waals surface area contributed by atoms with Crippen molar-refractivity contribution in [1.29, 1.82) is 0 Å². The number of hydrogen-bond acceptors (Lipinski definition) is 6. The first-order chi connectivity index (χ1) is 13.8. The molecular formula is C18H30N2O8S2. The van der Waals surface area contributed by atoms with E-state index in [0.29, 0.717) is 6.42 Å². The largest absolute Gasteiger partial charge is 0.338 e. The molecule has 12 heteroatoms. The topological polar surface area (TPSA) is 149 Å². The summed E-state index contributed by atoms with van der Waals surface area (Å²) < 4.78 is 62.0. The second kappa shape index (κ2) is 11.6. The lowest BCUT2D eigenvalue weighted by Gasteiger charge is -2.35. The third-order valence-electron chi connectivity index (χ3n) is 5.06. The molecular weight excluding hydrogens is 436 g/mol. The van der Waals surface area contributed by atoms with Crippen LogP contribution in [0.3, 0.4) is 0 Å². The van der Waals surface area contributed by atoms with E-state index in [9.17, 15) is 26.4 Å². The first-order valence-corrected chi connectivity index (χ1v) is 12.8. The van der Waals surface area contributed by atoms with Gasteiger partial charge in [-0.25, -0.2) is 0 Å². The molecule has 2 N–H and O–H groups in total. The van der Waals surface area contributed by atoms with Crippen LogP contribution in [0.1, 0.15) is 25.7 Å². The lowest BCUT2D eigenvalue weighted by molar-refractivity contribution is -0.126. The van der Waals surface area contributed by atoms with Crippen LogP contribution in [-0.4, -0.2) is 85.2 Å². The second-order valence-electron chi connectivity index (χ2n) is 7.45. The zero-order chi connectivity index (χ0) is 22.9. The summed E-state index contributed by atoms with van der Waals surface area (Å²) in [6, 6.07) is 0. The molecule has 0 radical (unpaired) electrons. The predicted molar refractivity (Wildman–Crippen MR) is 112 cm³/mol. The highest BCUT2D eigenvalue weighted by Crippen LogP contribution is 2.30. The molecule has 1 fully saturated rings. The lowest BCUT2D eigenvalue weighted by Crippen LogP contribution is -2.41. The molecule has 0 aromatic carbocycles. The average Bonchev–Trinajstić information content (AvgIpc) is 2.66. The molecule has 2 amide bonds. The number of nitrogens with zero attached hydrogens (tertiary/aromatic N) is 2. The molecule has 2 unspecified atom stereocenters. The van der Waals surface area contributed by atoms with Gasteiger partial charge in [0.2, 0.25) is 11.8 Å². The Balaban J connectivity index is 2.76. The van der Waals surface area contributed by atoms with Crippen LogP contribution in [0, 0.1) is 11.8 Å². The highest BCUT2D eigenvalue weighted by atomic mass is 32.2. The molecule has 30 heavy (non-hydrogen) atoms. The maximum atomic E-state index is 12.1. The molecule has 0 spiro atoms. The maximum Gasteiger partial charge on any atom is 0.266 e. The van der Waals surface area contributed by atoms with Crippen molar-refractivity contribution in [3.8, 4) is 0 Å². The standard InChI is InChI=1S/C18H30N2O8S2/c1-3-17(21)19(8-10-29(23,24)25)13-15-6-5-7-16(12-15)14-20(18(22)4-2)9-11-30(26,27)28/h3-4,15-16H,1-2,5-14H2,(H,23,24,25)(H,26,27,28). The van der Waals surface area contributed by atoms with Crippen molar-refractivity contribution in [1.82, 2.24) is 9.80 Å². The van der Waals surface area contributed by atoms with Gasteiger partial charge < -0.3 is 9.80 Å². The molecule has 1 saturated carbocycles. The van der Waals surface area contributed by atoms with Crippen molar-refractivity contribution in [2.75, 3.05) is 37.7 Å². The van der Waals surface area contributed by atoms with Gasteiger partial charge in [-0.1, -0.05) is 19.6 Å². The Hall–Kier alpha value is -1.76. The summed E-state index contributed by atoms with van der Waals surface area (Å²) in [6.45, 7) is 7.11. The van der Waals surface area contributed by atoms with Crippen molar-refractivity contribution in [2.24, 2.45) is 11.8 Å². The van der Waals surface area contributed by atoms with E-state index in [1.165, 1.54) is 9.80 Å². The normalized spacial score (nSPS) is 19.7. The van der Waals surface area contributed by atoms with Crippen LogP contribution in [0.25, 0.3) is 0 Å². The Labute approximate surface area is 178 Å². The fourth-order valence-electron chi connectivity index (χ4n) is 3.65. The summed E-state index contributed by atoms with van der Waals surface area (Å²) in [5, 5.41) is 0. The van der Waals surface area contributed by atoms with Gasteiger partial charge in [-0.3, -0.25) is 18.7 Å². The molecule has 1 rings (SSSR count). The summed E-state index contributed by atoms with van der Waals surface area (Å²) in [5.74, 6) is -1.90. The van der Waals surface area contributed by atoms with Crippen LogP contribution in [0.4, 0.5) is 0 Å². The van der Waals surface area contributed by atoms with Gasteiger partial charge in [0.1, 0.15) is 0 Å². The van der Waals surface area contributed by atoms with Crippen molar-refractivity contribution in [3.05, 3.63) is 25.3 Å². The van der Waals surface area contributed by atoms with Crippen LogP contribution in [0.2, 0.25) is 0 Å². The minimum atomic E-state index is -4.21. The summed E-state index contributed by atoms with van der Waals surface area (Å²) >= 11 is 0. The van der Waals surface area contributed by atoms with Gasteiger partial charge in [0.05, 0.1) is 11.5 Å². The van der Waals surface area contributed by atoms with Crippen LogP contribution in [0.5, 0.6) is 0 Å². The number of rotatable bonds is 12. The number of carbonyl (C=O) groups excluding carboxylic acids is 2. The van der Waals surface area contributed by atoms with E-state index in [2.05, 4.69) is 13.2 Å².